The first-order chi connectivity index (χ1) is 16.5. The van der Waals surface area contributed by atoms with Crippen molar-refractivity contribution >= 4 is 28.9 Å². The van der Waals surface area contributed by atoms with E-state index >= 15 is 0 Å². The van der Waals surface area contributed by atoms with Gasteiger partial charge < -0.3 is 14.6 Å². The molecule has 0 aliphatic heterocycles. The molecule has 0 aromatic heterocycles. The predicted molar refractivity (Wildman–Crippen MR) is 130 cm³/mol. The van der Waals surface area contributed by atoms with Crippen LogP contribution in [0.15, 0.2) is 90.0 Å². The van der Waals surface area contributed by atoms with E-state index in [1.54, 1.807) is 30.3 Å². The van der Waals surface area contributed by atoms with Gasteiger partial charge in [-0.2, -0.15) is 5.10 Å². The maximum atomic E-state index is 12.8. The molecule has 0 spiro atoms. The van der Waals surface area contributed by atoms with Gasteiger partial charge in [0.1, 0.15) is 17.2 Å². The summed E-state index contributed by atoms with van der Waals surface area (Å²) in [5.41, 5.74) is 3.72. The van der Waals surface area contributed by atoms with Crippen molar-refractivity contribution in [1.29, 1.82) is 0 Å². The highest BCUT2D eigenvalue weighted by Crippen LogP contribution is 2.27. The Kier molecular flexibility index (Phi) is 6.84. The second kappa shape index (κ2) is 10.3. The number of rotatable bonds is 7. The smallest absolute Gasteiger partial charge is 0.343 e. The topological polar surface area (TPSA) is 97.2 Å². The van der Waals surface area contributed by atoms with Crippen molar-refractivity contribution in [2.45, 2.75) is 6.92 Å². The van der Waals surface area contributed by atoms with Gasteiger partial charge in [0.05, 0.1) is 18.4 Å². The fourth-order valence-electron chi connectivity index (χ4n) is 3.34. The molecule has 7 heteroatoms. The van der Waals surface area contributed by atoms with Crippen molar-refractivity contribution in [1.82, 2.24) is 5.43 Å². The van der Waals surface area contributed by atoms with Crippen molar-refractivity contribution < 1.29 is 24.2 Å². The molecular formula is C27H22N2O5. The SMILES string of the molecule is CCOc1ccc(C(=O)Oc2ccc3ccccc3c2C=NNC(=O)c2ccc(O)cc2)cc1. The summed E-state index contributed by atoms with van der Waals surface area (Å²) in [6.45, 7) is 2.42. The number of phenols is 1. The number of aromatic hydroxyl groups is 1. The van der Waals surface area contributed by atoms with E-state index in [0.29, 0.717) is 34.8 Å². The standard InChI is InChI=1S/C27H22N2O5/c1-2-33-22-14-9-20(10-15-22)27(32)34-25-16-11-18-5-3-4-6-23(18)24(25)17-28-29-26(31)19-7-12-21(30)13-8-19/h3-17,30H,2H2,1H3,(H,29,31). The summed E-state index contributed by atoms with van der Waals surface area (Å²) in [5, 5.41) is 15.2. The Balaban J connectivity index is 1.58. The average molecular weight is 454 g/mol. The van der Waals surface area contributed by atoms with Gasteiger partial charge in [-0.15, -0.1) is 0 Å². The summed E-state index contributed by atoms with van der Waals surface area (Å²) < 4.78 is 11.1. The van der Waals surface area contributed by atoms with Crippen LogP contribution in [-0.2, 0) is 0 Å². The molecule has 4 rings (SSSR count). The second-order valence-corrected chi connectivity index (χ2v) is 7.29. The molecular weight excluding hydrogens is 432 g/mol. The first-order valence-electron chi connectivity index (χ1n) is 10.6. The Labute approximate surface area is 196 Å². The molecule has 0 saturated carbocycles. The van der Waals surface area contributed by atoms with Crippen molar-refractivity contribution in [3.05, 3.63) is 102 Å². The number of hydrogen-bond acceptors (Lipinski definition) is 6. The maximum absolute atomic E-state index is 12.8. The largest absolute Gasteiger partial charge is 0.508 e. The average Bonchev–Trinajstić information content (AvgIpc) is 2.86. The third-order valence-electron chi connectivity index (χ3n) is 5.02. The summed E-state index contributed by atoms with van der Waals surface area (Å²) in [6, 6.07) is 23.6. The number of hydrogen-bond donors (Lipinski definition) is 2. The highest BCUT2D eigenvalue weighted by molar-refractivity contribution is 6.04. The number of nitrogens with one attached hydrogen (secondary N) is 1. The first kappa shape index (κ1) is 22.5. The first-order valence-corrected chi connectivity index (χ1v) is 10.6. The molecule has 170 valence electrons. The van der Waals surface area contributed by atoms with Crippen LogP contribution in [0.3, 0.4) is 0 Å². The van der Waals surface area contributed by atoms with Crippen molar-refractivity contribution in [3.63, 3.8) is 0 Å². The number of esters is 1. The fourth-order valence-corrected chi connectivity index (χ4v) is 3.34. The highest BCUT2D eigenvalue weighted by atomic mass is 16.5. The number of phenolic OH excluding ortho intramolecular Hbond substituents is 1. The summed E-state index contributed by atoms with van der Waals surface area (Å²) in [4.78, 5) is 25.1. The molecule has 0 aliphatic carbocycles. The van der Waals surface area contributed by atoms with Crippen molar-refractivity contribution in [3.8, 4) is 17.2 Å². The molecule has 0 aliphatic rings. The molecule has 2 N–H and O–H groups in total. The monoisotopic (exact) mass is 454 g/mol. The quantitative estimate of drug-likeness (QED) is 0.179. The molecule has 0 bridgehead atoms. The van der Waals surface area contributed by atoms with E-state index in [2.05, 4.69) is 10.5 Å². The maximum Gasteiger partial charge on any atom is 0.343 e. The lowest BCUT2D eigenvalue weighted by Gasteiger charge is -2.11. The van der Waals surface area contributed by atoms with Gasteiger partial charge in [-0.25, -0.2) is 10.2 Å². The van der Waals surface area contributed by atoms with E-state index < -0.39 is 11.9 Å². The number of carbonyl (C=O) groups excluding carboxylic acids is 2. The third-order valence-corrected chi connectivity index (χ3v) is 5.02. The minimum absolute atomic E-state index is 0.0646. The lowest BCUT2D eigenvalue weighted by molar-refractivity contribution is 0.0734. The lowest BCUT2D eigenvalue weighted by Crippen LogP contribution is -2.17. The Morgan fingerprint density at radius 3 is 2.35 bits per heavy atom. The fraction of sp³-hybridized carbons (Fsp3) is 0.0741. The Morgan fingerprint density at radius 2 is 1.62 bits per heavy atom. The Hall–Kier alpha value is -4.65. The molecule has 4 aromatic rings. The van der Waals surface area contributed by atoms with E-state index in [0.717, 1.165) is 10.8 Å². The van der Waals surface area contributed by atoms with E-state index in [1.165, 1.54) is 30.5 Å². The second-order valence-electron chi connectivity index (χ2n) is 7.29. The van der Waals surface area contributed by atoms with E-state index in [9.17, 15) is 14.7 Å². The van der Waals surface area contributed by atoms with Gasteiger partial charge in [0.2, 0.25) is 0 Å². The van der Waals surface area contributed by atoms with Crippen LogP contribution in [0.5, 0.6) is 17.2 Å². The molecule has 0 unspecified atom stereocenters. The van der Waals surface area contributed by atoms with E-state index in [4.69, 9.17) is 9.47 Å². The van der Waals surface area contributed by atoms with Crippen LogP contribution in [0.2, 0.25) is 0 Å². The molecule has 0 fully saturated rings. The summed E-state index contributed by atoms with van der Waals surface area (Å²) in [6.07, 6.45) is 1.45. The van der Waals surface area contributed by atoms with Crippen LogP contribution in [0.4, 0.5) is 0 Å². The highest BCUT2D eigenvalue weighted by Gasteiger charge is 2.14. The molecule has 4 aromatic carbocycles. The van der Waals surface area contributed by atoms with Crippen LogP contribution >= 0.6 is 0 Å². The number of carbonyl (C=O) groups is 2. The lowest BCUT2D eigenvalue weighted by atomic mass is 10.0. The number of benzene rings is 4. The third kappa shape index (κ3) is 5.21. The molecule has 1 amide bonds. The van der Waals surface area contributed by atoms with E-state index in [-0.39, 0.29) is 5.75 Å². The summed E-state index contributed by atoms with van der Waals surface area (Å²) in [7, 11) is 0. The van der Waals surface area contributed by atoms with Crippen LogP contribution in [0.1, 0.15) is 33.2 Å². The van der Waals surface area contributed by atoms with Crippen LogP contribution in [0, 0.1) is 0 Å². The molecule has 34 heavy (non-hydrogen) atoms. The van der Waals surface area contributed by atoms with Gasteiger partial charge in [0.15, 0.2) is 0 Å². The minimum Gasteiger partial charge on any atom is -0.508 e. The number of amides is 1. The molecule has 0 radical (unpaired) electrons. The van der Waals surface area contributed by atoms with Gasteiger partial charge in [0.25, 0.3) is 5.91 Å². The zero-order chi connectivity index (χ0) is 23.9. The number of nitrogens with zero attached hydrogens (tertiary/aromatic N) is 1. The number of hydrazone groups is 1. The van der Waals surface area contributed by atoms with Gasteiger partial charge in [-0.3, -0.25) is 4.79 Å². The molecule has 0 heterocycles. The van der Waals surface area contributed by atoms with Crippen LogP contribution in [-0.4, -0.2) is 29.8 Å². The van der Waals surface area contributed by atoms with Gasteiger partial charge in [-0.1, -0.05) is 30.3 Å². The molecule has 0 saturated heterocycles. The minimum atomic E-state index is -0.527. The molecule has 0 atom stereocenters. The number of fused-ring (bicyclic) bond motifs is 1. The van der Waals surface area contributed by atoms with Crippen LogP contribution < -0.4 is 14.9 Å². The molecule has 7 nitrogen and oxygen atoms in total. The normalized spacial score (nSPS) is 10.9. The summed E-state index contributed by atoms with van der Waals surface area (Å²) >= 11 is 0. The van der Waals surface area contributed by atoms with Gasteiger partial charge in [-0.05, 0) is 72.3 Å². The van der Waals surface area contributed by atoms with E-state index in [1.807, 2.05) is 37.3 Å². The van der Waals surface area contributed by atoms with Crippen molar-refractivity contribution in [2.75, 3.05) is 6.61 Å². The Morgan fingerprint density at radius 1 is 0.912 bits per heavy atom. The number of ether oxygens (including phenoxy) is 2. The zero-order valence-electron chi connectivity index (χ0n) is 18.4. The van der Waals surface area contributed by atoms with Gasteiger partial charge >= 0.3 is 5.97 Å². The van der Waals surface area contributed by atoms with Gasteiger partial charge in [0, 0.05) is 11.1 Å². The van der Waals surface area contributed by atoms with Crippen LogP contribution in [0.25, 0.3) is 10.8 Å². The Bertz CT molecular complexity index is 1350. The zero-order valence-corrected chi connectivity index (χ0v) is 18.4. The summed E-state index contributed by atoms with van der Waals surface area (Å²) in [5.74, 6) is 0.0717. The predicted octanol–water partition coefficient (Wildman–Crippen LogP) is 4.93. The van der Waals surface area contributed by atoms with Crippen molar-refractivity contribution in [2.24, 2.45) is 5.10 Å².